The fourth-order valence-electron chi connectivity index (χ4n) is 3.10. The summed E-state index contributed by atoms with van der Waals surface area (Å²) in [5.41, 5.74) is -0.212. The van der Waals surface area contributed by atoms with Gasteiger partial charge in [-0.05, 0) is 18.2 Å². The van der Waals surface area contributed by atoms with Crippen molar-refractivity contribution in [2.24, 2.45) is 0 Å². The van der Waals surface area contributed by atoms with Gasteiger partial charge in [-0.3, -0.25) is 10.1 Å². The highest BCUT2D eigenvalue weighted by atomic mass is 32.2. The van der Waals surface area contributed by atoms with Gasteiger partial charge in [0.2, 0.25) is 26.6 Å². The fraction of sp³-hybridized carbons (Fsp3) is 0.250. The van der Waals surface area contributed by atoms with Crippen LogP contribution in [0.2, 0.25) is 0 Å². The second-order valence-electron chi connectivity index (χ2n) is 6.66. The summed E-state index contributed by atoms with van der Waals surface area (Å²) >= 11 is 0. The first-order chi connectivity index (χ1) is 15.4. The first kappa shape index (κ1) is 21.6. The van der Waals surface area contributed by atoms with E-state index in [2.05, 4.69) is 10.3 Å². The largest absolute Gasteiger partial charge is 0.486 e. The number of anilines is 1. The van der Waals surface area contributed by atoms with Crippen molar-refractivity contribution in [3.05, 3.63) is 52.6 Å². The number of nitro groups is 1. The van der Waals surface area contributed by atoms with Gasteiger partial charge in [0.05, 0.1) is 16.4 Å². The molecule has 168 valence electrons. The molecule has 0 fully saturated rings. The summed E-state index contributed by atoms with van der Waals surface area (Å²) in [5, 5.41) is 13.8. The summed E-state index contributed by atoms with van der Waals surface area (Å²) in [6.45, 7) is 1.16. The third-order valence-electron chi connectivity index (χ3n) is 4.60. The van der Waals surface area contributed by atoms with Gasteiger partial charge in [-0.25, -0.2) is 8.42 Å². The van der Waals surface area contributed by atoms with Gasteiger partial charge in [-0.15, -0.1) is 0 Å². The van der Waals surface area contributed by atoms with Crippen molar-refractivity contribution in [2.45, 2.75) is 9.92 Å². The van der Waals surface area contributed by atoms with Gasteiger partial charge in [-0.2, -0.15) is 4.98 Å². The van der Waals surface area contributed by atoms with Crippen molar-refractivity contribution in [3.8, 4) is 23.0 Å². The first-order valence-corrected chi connectivity index (χ1v) is 11.0. The second kappa shape index (κ2) is 8.85. The number of oxazole rings is 1. The van der Waals surface area contributed by atoms with Gasteiger partial charge < -0.3 is 23.9 Å². The van der Waals surface area contributed by atoms with Crippen LogP contribution in [-0.4, -0.2) is 51.8 Å². The zero-order valence-corrected chi connectivity index (χ0v) is 17.8. The molecular weight excluding hydrogens is 442 g/mol. The minimum Gasteiger partial charge on any atom is -0.486 e. The van der Waals surface area contributed by atoms with Crippen molar-refractivity contribution >= 4 is 21.4 Å². The molecule has 2 heterocycles. The van der Waals surface area contributed by atoms with Crippen molar-refractivity contribution in [3.63, 3.8) is 0 Å². The summed E-state index contributed by atoms with van der Waals surface area (Å²) < 4.78 is 48.4. The lowest BCUT2D eigenvalue weighted by atomic mass is 10.2. The van der Waals surface area contributed by atoms with Crippen LogP contribution in [0, 0.1) is 10.1 Å². The summed E-state index contributed by atoms with van der Waals surface area (Å²) in [5.74, 6) is 0.390. The quantitative estimate of drug-likeness (QED) is 0.302. The molecule has 1 aliphatic rings. The maximum atomic E-state index is 13.4. The van der Waals surface area contributed by atoms with Crippen LogP contribution < -0.4 is 14.8 Å². The van der Waals surface area contributed by atoms with E-state index in [1.54, 1.807) is 6.07 Å². The molecule has 3 aromatic rings. The average molecular weight is 461 g/mol. The van der Waals surface area contributed by atoms with E-state index in [0.717, 1.165) is 0 Å². The van der Waals surface area contributed by atoms with Crippen LogP contribution in [0.1, 0.15) is 0 Å². The van der Waals surface area contributed by atoms with E-state index >= 15 is 0 Å². The van der Waals surface area contributed by atoms with Crippen molar-refractivity contribution < 1.29 is 32.0 Å². The van der Waals surface area contributed by atoms with Crippen LogP contribution in [0.5, 0.6) is 11.5 Å². The van der Waals surface area contributed by atoms with Gasteiger partial charge in [0, 0.05) is 25.8 Å². The summed E-state index contributed by atoms with van der Waals surface area (Å²) in [4.78, 5) is 14.9. The van der Waals surface area contributed by atoms with E-state index in [4.69, 9.17) is 18.6 Å². The number of hydrogen-bond donors (Lipinski definition) is 1. The Morgan fingerprint density at radius 2 is 1.91 bits per heavy atom. The van der Waals surface area contributed by atoms with Crippen LogP contribution in [-0.2, 0) is 14.6 Å². The highest BCUT2D eigenvalue weighted by Crippen LogP contribution is 2.38. The number of fused-ring (bicyclic) bond motifs is 1. The minimum absolute atomic E-state index is 0.0518. The smallest absolute Gasteiger partial charge is 0.282 e. The van der Waals surface area contributed by atoms with E-state index in [-0.39, 0.29) is 41.1 Å². The molecule has 0 unspecified atom stereocenters. The average Bonchev–Trinajstić information content (AvgIpc) is 3.24. The van der Waals surface area contributed by atoms with Crippen molar-refractivity contribution in [1.29, 1.82) is 0 Å². The molecule has 0 bridgehead atoms. The monoisotopic (exact) mass is 461 g/mol. The number of para-hydroxylation sites is 1. The molecule has 0 radical (unpaired) electrons. The molecule has 4 rings (SSSR count). The predicted octanol–water partition coefficient (Wildman–Crippen LogP) is 2.91. The number of hydrogen-bond acceptors (Lipinski definition) is 10. The number of aromatic nitrogens is 1. The van der Waals surface area contributed by atoms with Crippen LogP contribution >= 0.6 is 0 Å². The van der Waals surface area contributed by atoms with Gasteiger partial charge >= 0.3 is 0 Å². The Balaban J connectivity index is 1.81. The highest BCUT2D eigenvalue weighted by Gasteiger charge is 2.31. The van der Waals surface area contributed by atoms with E-state index < -0.39 is 19.8 Å². The number of nitrogens with one attached hydrogen (secondary N) is 1. The Morgan fingerprint density at radius 3 is 2.66 bits per heavy atom. The van der Waals surface area contributed by atoms with Crippen molar-refractivity contribution in [2.75, 3.05) is 38.8 Å². The van der Waals surface area contributed by atoms with Gasteiger partial charge in [-0.1, -0.05) is 12.1 Å². The zero-order chi connectivity index (χ0) is 22.7. The lowest BCUT2D eigenvalue weighted by Gasteiger charge is -2.18. The van der Waals surface area contributed by atoms with Crippen molar-refractivity contribution in [1.82, 2.24) is 4.98 Å². The van der Waals surface area contributed by atoms with Gasteiger partial charge in [0.15, 0.2) is 11.5 Å². The Kier molecular flexibility index (Phi) is 5.97. The summed E-state index contributed by atoms with van der Waals surface area (Å²) in [6, 6.07) is 10.0. The molecular formula is C20H19N3O8S. The molecule has 2 aromatic carbocycles. The Hall–Kier alpha value is -3.64. The van der Waals surface area contributed by atoms with E-state index in [1.807, 2.05) is 0 Å². The fourth-order valence-corrected chi connectivity index (χ4v) is 4.39. The Bertz CT molecular complexity index is 1260. The molecule has 0 amide bonds. The number of ether oxygens (including phenoxy) is 3. The normalized spacial score (nSPS) is 13.0. The highest BCUT2D eigenvalue weighted by molar-refractivity contribution is 7.91. The lowest BCUT2D eigenvalue weighted by molar-refractivity contribution is -0.384. The number of nitro benzene ring substituents is 1. The molecule has 1 N–H and O–H groups in total. The van der Waals surface area contributed by atoms with Crippen LogP contribution in [0.3, 0.4) is 0 Å². The predicted molar refractivity (Wildman–Crippen MR) is 112 cm³/mol. The molecule has 32 heavy (non-hydrogen) atoms. The van der Waals surface area contributed by atoms with Gasteiger partial charge in [0.1, 0.15) is 18.8 Å². The molecule has 12 heteroatoms. The summed E-state index contributed by atoms with van der Waals surface area (Å²) in [6.07, 6.45) is 0. The molecule has 0 atom stereocenters. The molecule has 0 spiro atoms. The SMILES string of the molecule is COCCNc1oc(-c2ccccc2[N+](=O)[O-])nc1S(=O)(=O)c1ccc2c(c1)OCCO2. The third-order valence-corrected chi connectivity index (χ3v) is 6.26. The Labute approximate surface area is 183 Å². The van der Waals surface area contributed by atoms with Crippen LogP contribution in [0.25, 0.3) is 11.5 Å². The first-order valence-electron chi connectivity index (χ1n) is 9.54. The number of rotatable bonds is 8. The standard InChI is InChI=1S/C20H19N3O8S/c1-28-9-8-21-19-20(22-18(31-19)14-4-2-3-5-15(14)23(24)25)32(26,27)13-6-7-16-17(12-13)30-11-10-29-16/h2-7,12,21H,8-11H2,1H3. The molecule has 0 aliphatic carbocycles. The van der Waals surface area contributed by atoms with Crippen LogP contribution in [0.4, 0.5) is 11.6 Å². The molecule has 0 saturated heterocycles. The number of benzene rings is 2. The maximum Gasteiger partial charge on any atom is 0.282 e. The zero-order valence-electron chi connectivity index (χ0n) is 16.9. The van der Waals surface area contributed by atoms with E-state index in [1.165, 1.54) is 43.5 Å². The lowest BCUT2D eigenvalue weighted by Crippen LogP contribution is -2.16. The maximum absolute atomic E-state index is 13.4. The number of methoxy groups -OCH3 is 1. The molecule has 1 aromatic heterocycles. The molecule has 1 aliphatic heterocycles. The molecule has 11 nitrogen and oxygen atoms in total. The summed E-state index contributed by atoms with van der Waals surface area (Å²) in [7, 11) is -2.68. The molecule has 0 saturated carbocycles. The number of nitrogens with zero attached hydrogens (tertiary/aromatic N) is 2. The second-order valence-corrected chi connectivity index (χ2v) is 8.52. The van der Waals surface area contributed by atoms with Gasteiger partial charge in [0.25, 0.3) is 5.69 Å². The number of sulfone groups is 1. The topological polar surface area (TPSA) is 143 Å². The third kappa shape index (κ3) is 4.09. The Morgan fingerprint density at radius 1 is 1.16 bits per heavy atom. The minimum atomic E-state index is -4.17. The van der Waals surface area contributed by atoms with E-state index in [9.17, 15) is 18.5 Å². The van der Waals surface area contributed by atoms with E-state index in [0.29, 0.717) is 24.7 Å². The van der Waals surface area contributed by atoms with Crippen LogP contribution in [0.15, 0.2) is 56.8 Å².